The molecule has 282 valence electrons. The minimum absolute atomic E-state index is 0.485. The summed E-state index contributed by atoms with van der Waals surface area (Å²) in [6.45, 7) is 0. The summed E-state index contributed by atoms with van der Waals surface area (Å²) in [4.78, 5) is 2.35. The first-order valence-electron chi connectivity index (χ1n) is 20.8. The van der Waals surface area contributed by atoms with Crippen molar-refractivity contribution >= 4 is 27.8 Å². The van der Waals surface area contributed by atoms with Crippen molar-refractivity contribution in [2.75, 3.05) is 4.90 Å². The van der Waals surface area contributed by atoms with E-state index in [0.717, 1.165) is 17.1 Å². The molecule has 0 spiro atoms. The first-order chi connectivity index (χ1) is 29.8. The standard InChI is InChI=1S/C59H41N/c1-4-14-42(15-5-1)45-28-36-51(37-29-45)60(52-38-30-46(31-39-52)43-16-6-2-7-17-43)53-40-32-47(33-41-53)44-26-34-50(35-27-44)59(49-20-8-3-9-21-49)56-24-11-10-22-54(56)55-23-12-18-48-19-13-25-57(59)58(48)55/h1-41H. The van der Waals surface area contributed by atoms with Crippen LogP contribution in [-0.2, 0) is 5.41 Å². The van der Waals surface area contributed by atoms with Gasteiger partial charge in [0, 0.05) is 17.1 Å². The zero-order chi connectivity index (χ0) is 39.9. The molecule has 0 fully saturated rings. The van der Waals surface area contributed by atoms with Crippen molar-refractivity contribution in [2.24, 2.45) is 0 Å². The monoisotopic (exact) mass is 763 g/mol. The Kier molecular flexibility index (Phi) is 8.79. The molecular weight excluding hydrogens is 723 g/mol. The lowest BCUT2D eigenvalue weighted by atomic mass is 9.59. The maximum absolute atomic E-state index is 2.36. The Morgan fingerprint density at radius 2 is 0.617 bits per heavy atom. The lowest BCUT2D eigenvalue weighted by molar-refractivity contribution is 0.750. The van der Waals surface area contributed by atoms with E-state index in [1.807, 2.05) is 0 Å². The van der Waals surface area contributed by atoms with Crippen LogP contribution in [-0.4, -0.2) is 0 Å². The Bertz CT molecular complexity index is 2990. The fraction of sp³-hybridized carbons (Fsp3) is 0.0169. The largest absolute Gasteiger partial charge is 0.311 e. The van der Waals surface area contributed by atoms with Gasteiger partial charge in [0.05, 0.1) is 5.41 Å². The van der Waals surface area contributed by atoms with Gasteiger partial charge >= 0.3 is 0 Å². The maximum atomic E-state index is 2.36. The Balaban J connectivity index is 0.985. The average Bonchev–Trinajstić information content (AvgIpc) is 3.34. The van der Waals surface area contributed by atoms with Gasteiger partial charge in [-0.15, -0.1) is 0 Å². The van der Waals surface area contributed by atoms with Gasteiger partial charge in [-0.3, -0.25) is 0 Å². The van der Waals surface area contributed by atoms with Crippen LogP contribution in [0.2, 0.25) is 0 Å². The van der Waals surface area contributed by atoms with E-state index >= 15 is 0 Å². The highest BCUT2D eigenvalue weighted by Crippen LogP contribution is 2.55. The molecule has 0 radical (unpaired) electrons. The normalized spacial score (nSPS) is 14.1. The quantitative estimate of drug-likeness (QED) is 0.149. The van der Waals surface area contributed by atoms with Crippen molar-refractivity contribution in [1.29, 1.82) is 0 Å². The predicted molar refractivity (Wildman–Crippen MR) is 252 cm³/mol. The van der Waals surface area contributed by atoms with Gasteiger partial charge in [-0.25, -0.2) is 0 Å². The van der Waals surface area contributed by atoms with Gasteiger partial charge in [0.2, 0.25) is 0 Å². The van der Waals surface area contributed by atoms with E-state index in [0.29, 0.717) is 0 Å². The van der Waals surface area contributed by atoms with Crippen molar-refractivity contribution < 1.29 is 0 Å². The highest BCUT2D eigenvalue weighted by molar-refractivity contribution is 6.05. The van der Waals surface area contributed by atoms with Crippen LogP contribution >= 0.6 is 0 Å². The lowest BCUT2D eigenvalue weighted by Gasteiger charge is -2.42. The predicted octanol–water partition coefficient (Wildman–Crippen LogP) is 15.7. The van der Waals surface area contributed by atoms with Crippen LogP contribution in [0.1, 0.15) is 22.3 Å². The Hall–Kier alpha value is -7.74. The van der Waals surface area contributed by atoms with E-state index in [9.17, 15) is 0 Å². The molecule has 0 saturated heterocycles. The van der Waals surface area contributed by atoms with Crippen molar-refractivity contribution in [3.63, 3.8) is 0 Å². The summed E-state index contributed by atoms with van der Waals surface area (Å²) >= 11 is 0. The van der Waals surface area contributed by atoms with Crippen molar-refractivity contribution in [1.82, 2.24) is 0 Å². The molecule has 11 rings (SSSR count). The molecule has 0 bridgehead atoms. The van der Waals surface area contributed by atoms with Crippen molar-refractivity contribution in [3.05, 3.63) is 271 Å². The molecule has 60 heavy (non-hydrogen) atoms. The molecule has 1 nitrogen and oxygen atoms in total. The molecule has 1 unspecified atom stereocenters. The van der Waals surface area contributed by atoms with Gasteiger partial charge in [-0.2, -0.15) is 0 Å². The molecule has 1 aliphatic rings. The summed E-state index contributed by atoms with van der Waals surface area (Å²) in [6.07, 6.45) is 0. The fourth-order valence-electron chi connectivity index (χ4n) is 9.57. The lowest BCUT2D eigenvalue weighted by Crippen LogP contribution is -2.33. The number of hydrogen-bond donors (Lipinski definition) is 0. The third-order valence-corrected chi connectivity index (χ3v) is 12.4. The number of anilines is 3. The molecule has 10 aromatic carbocycles. The van der Waals surface area contributed by atoms with Crippen molar-refractivity contribution in [3.8, 4) is 44.5 Å². The molecule has 0 aromatic heterocycles. The number of nitrogens with zero attached hydrogens (tertiary/aromatic N) is 1. The Morgan fingerprint density at radius 3 is 1.13 bits per heavy atom. The first-order valence-corrected chi connectivity index (χ1v) is 20.8. The van der Waals surface area contributed by atoms with E-state index in [4.69, 9.17) is 0 Å². The third-order valence-electron chi connectivity index (χ3n) is 12.4. The van der Waals surface area contributed by atoms with Crippen LogP contribution in [0.15, 0.2) is 249 Å². The van der Waals surface area contributed by atoms with E-state index in [2.05, 4.69) is 254 Å². The number of rotatable bonds is 8. The van der Waals surface area contributed by atoms with Crippen LogP contribution in [0.25, 0.3) is 55.3 Å². The van der Waals surface area contributed by atoms with E-state index in [1.54, 1.807) is 0 Å². The molecule has 1 aliphatic carbocycles. The summed E-state index contributed by atoms with van der Waals surface area (Å²) < 4.78 is 0. The minimum Gasteiger partial charge on any atom is -0.311 e. The number of benzene rings is 10. The average molecular weight is 764 g/mol. The van der Waals surface area contributed by atoms with E-state index in [-0.39, 0.29) is 0 Å². The zero-order valence-corrected chi connectivity index (χ0v) is 33.1. The highest BCUT2D eigenvalue weighted by Gasteiger charge is 2.44. The molecular formula is C59H41N. The van der Waals surface area contributed by atoms with Gasteiger partial charge in [-0.1, -0.05) is 212 Å². The SMILES string of the molecule is c1ccc(-c2ccc(N(c3ccc(-c4ccccc4)cc3)c3ccc(-c4ccc(C5(c6ccccc6)c6ccccc6-c6cccc7cccc5c67)cc4)cc3)cc2)cc1. The Morgan fingerprint density at radius 1 is 0.250 bits per heavy atom. The summed E-state index contributed by atoms with van der Waals surface area (Å²) in [5, 5.41) is 2.60. The molecule has 0 N–H and O–H groups in total. The molecule has 0 heterocycles. The molecule has 0 aliphatic heterocycles. The van der Waals surface area contributed by atoms with Gasteiger partial charge in [-0.05, 0) is 114 Å². The van der Waals surface area contributed by atoms with Crippen LogP contribution < -0.4 is 4.90 Å². The topological polar surface area (TPSA) is 3.24 Å². The molecule has 0 saturated carbocycles. The zero-order valence-electron chi connectivity index (χ0n) is 33.1. The van der Waals surface area contributed by atoms with E-state index in [1.165, 1.54) is 77.5 Å². The van der Waals surface area contributed by atoms with Crippen LogP contribution in [0.4, 0.5) is 17.1 Å². The molecule has 0 amide bonds. The first kappa shape index (κ1) is 35.4. The Labute approximate surface area is 352 Å². The summed E-state index contributed by atoms with van der Waals surface area (Å²) in [7, 11) is 0. The summed E-state index contributed by atoms with van der Waals surface area (Å²) in [5.41, 5.74) is 17.8. The number of hydrogen-bond acceptors (Lipinski definition) is 1. The van der Waals surface area contributed by atoms with Crippen molar-refractivity contribution in [2.45, 2.75) is 5.41 Å². The van der Waals surface area contributed by atoms with Gasteiger partial charge < -0.3 is 4.90 Å². The third kappa shape index (κ3) is 5.94. The van der Waals surface area contributed by atoms with Crippen LogP contribution in [0, 0.1) is 0 Å². The minimum atomic E-state index is -0.485. The van der Waals surface area contributed by atoms with Gasteiger partial charge in [0.25, 0.3) is 0 Å². The molecule has 10 aromatic rings. The van der Waals surface area contributed by atoms with Gasteiger partial charge in [0.15, 0.2) is 0 Å². The maximum Gasteiger partial charge on any atom is 0.0713 e. The van der Waals surface area contributed by atoms with Crippen LogP contribution in [0.3, 0.4) is 0 Å². The second kappa shape index (κ2) is 14.9. The molecule has 1 atom stereocenters. The summed E-state index contributed by atoms with van der Waals surface area (Å²) in [6, 6.07) is 90.9. The second-order valence-corrected chi connectivity index (χ2v) is 15.7. The number of fused-ring (bicyclic) bond motifs is 2. The second-order valence-electron chi connectivity index (χ2n) is 15.7. The van der Waals surface area contributed by atoms with Gasteiger partial charge in [0.1, 0.15) is 0 Å². The van der Waals surface area contributed by atoms with Crippen LogP contribution in [0.5, 0.6) is 0 Å². The smallest absolute Gasteiger partial charge is 0.0713 e. The van der Waals surface area contributed by atoms with E-state index < -0.39 is 5.41 Å². The summed E-state index contributed by atoms with van der Waals surface area (Å²) in [5.74, 6) is 0. The highest BCUT2D eigenvalue weighted by atomic mass is 15.1. The fourth-order valence-corrected chi connectivity index (χ4v) is 9.57. The molecule has 1 heteroatoms.